The van der Waals surface area contributed by atoms with Gasteiger partial charge in [0.25, 0.3) is 0 Å². The average Bonchev–Trinajstić information content (AvgIpc) is 2.29. The van der Waals surface area contributed by atoms with E-state index < -0.39 is 0 Å². The van der Waals surface area contributed by atoms with E-state index in [2.05, 4.69) is 0 Å². The van der Waals surface area contributed by atoms with Crippen LogP contribution in [0.2, 0.25) is 0 Å². The highest BCUT2D eigenvalue weighted by Gasteiger charge is 2.28. The van der Waals surface area contributed by atoms with Crippen LogP contribution in [0.3, 0.4) is 0 Å². The van der Waals surface area contributed by atoms with Crippen LogP contribution < -0.4 is 5.73 Å². The fraction of sp³-hybridized carbons (Fsp3) is 0.727. The van der Waals surface area contributed by atoms with Crippen LogP contribution in [0.5, 0.6) is 0 Å². The molecule has 2 N–H and O–H groups in total. The van der Waals surface area contributed by atoms with Crippen molar-refractivity contribution in [2.24, 2.45) is 11.7 Å². The monoisotopic (exact) mass is 257 g/mol. The van der Waals surface area contributed by atoms with Crippen molar-refractivity contribution in [3.8, 4) is 0 Å². The van der Waals surface area contributed by atoms with Crippen LogP contribution in [0.15, 0.2) is 0 Å². The number of carbonyl (C=O) groups is 2. The summed E-state index contributed by atoms with van der Waals surface area (Å²) in [7, 11) is 0. The molecule has 0 aliphatic carbocycles. The second-order valence-corrected chi connectivity index (χ2v) is 4.67. The summed E-state index contributed by atoms with van der Waals surface area (Å²) in [5.74, 6) is -0.324. The third-order valence-corrected chi connectivity index (χ3v) is 3.37. The maximum absolute atomic E-state index is 12.1. The smallest absolute Gasteiger partial charge is 0.232 e. The molecule has 0 aromatic heterocycles. The highest BCUT2D eigenvalue weighted by molar-refractivity contribution is 7.80. The van der Waals surface area contributed by atoms with E-state index in [0.29, 0.717) is 32.6 Å². The molecule has 5 nitrogen and oxygen atoms in total. The molecule has 2 amide bonds. The van der Waals surface area contributed by atoms with Crippen molar-refractivity contribution in [2.75, 3.05) is 26.2 Å². The van der Waals surface area contributed by atoms with Crippen LogP contribution >= 0.6 is 12.2 Å². The van der Waals surface area contributed by atoms with E-state index in [1.54, 1.807) is 16.7 Å². The Balaban J connectivity index is 2.56. The van der Waals surface area contributed by atoms with Crippen molar-refractivity contribution in [2.45, 2.75) is 20.3 Å². The summed E-state index contributed by atoms with van der Waals surface area (Å²) in [4.78, 5) is 27.0. The Hall–Kier alpha value is -1.17. The van der Waals surface area contributed by atoms with Gasteiger partial charge in [-0.15, -0.1) is 0 Å². The van der Waals surface area contributed by atoms with E-state index in [-0.39, 0.29) is 22.7 Å². The summed E-state index contributed by atoms with van der Waals surface area (Å²) < 4.78 is 0. The van der Waals surface area contributed by atoms with Crippen LogP contribution in [-0.4, -0.2) is 52.8 Å². The van der Waals surface area contributed by atoms with Gasteiger partial charge in [0.1, 0.15) is 0 Å². The molecule has 0 saturated carbocycles. The van der Waals surface area contributed by atoms with Crippen LogP contribution in [0, 0.1) is 5.92 Å². The Kier molecular flexibility index (Phi) is 4.86. The third kappa shape index (κ3) is 3.39. The fourth-order valence-corrected chi connectivity index (χ4v) is 2.23. The zero-order valence-electron chi connectivity index (χ0n) is 10.3. The molecule has 0 aromatic rings. The lowest BCUT2D eigenvalue weighted by Gasteiger charge is -2.35. The minimum absolute atomic E-state index is 0.0109. The normalized spacial score (nSPS) is 17.8. The number of thiocarbonyl (C=S) groups is 1. The number of nitrogens with zero attached hydrogens (tertiary/aromatic N) is 2. The Labute approximate surface area is 107 Å². The van der Waals surface area contributed by atoms with Gasteiger partial charge >= 0.3 is 0 Å². The molecule has 17 heavy (non-hydrogen) atoms. The van der Waals surface area contributed by atoms with Crippen LogP contribution in [0.1, 0.15) is 20.3 Å². The number of hydrogen-bond acceptors (Lipinski definition) is 3. The molecule has 1 atom stereocenters. The van der Waals surface area contributed by atoms with E-state index in [9.17, 15) is 9.59 Å². The van der Waals surface area contributed by atoms with Crippen LogP contribution in [-0.2, 0) is 9.59 Å². The van der Waals surface area contributed by atoms with Crippen molar-refractivity contribution in [1.82, 2.24) is 9.80 Å². The maximum atomic E-state index is 12.1. The van der Waals surface area contributed by atoms with Gasteiger partial charge in [-0.25, -0.2) is 0 Å². The van der Waals surface area contributed by atoms with E-state index in [4.69, 9.17) is 18.0 Å². The average molecular weight is 257 g/mol. The predicted octanol–water partition coefficient (Wildman–Crippen LogP) is -0.0106. The predicted molar refractivity (Wildman–Crippen MR) is 69.4 cm³/mol. The van der Waals surface area contributed by atoms with Gasteiger partial charge in [0.05, 0.1) is 10.9 Å². The lowest BCUT2D eigenvalue weighted by molar-refractivity contribution is -0.139. The number of carbonyl (C=O) groups excluding carboxylic acids is 2. The number of rotatable bonds is 3. The van der Waals surface area contributed by atoms with Gasteiger partial charge in [-0.1, -0.05) is 19.1 Å². The van der Waals surface area contributed by atoms with Crippen molar-refractivity contribution in [3.05, 3.63) is 0 Å². The lowest BCUT2D eigenvalue weighted by Crippen LogP contribution is -2.52. The third-order valence-electron chi connectivity index (χ3n) is 3.09. The summed E-state index contributed by atoms with van der Waals surface area (Å²) in [6.07, 6.45) is 0.626. The standard InChI is InChI=1S/C11H19N3O2S/c1-3-9(10(12)17)11(16)14-6-4-13(5-7-14)8(2)15/h9H,3-7H2,1-2H3,(H2,12,17). The molecular weight excluding hydrogens is 238 g/mol. The second-order valence-electron chi connectivity index (χ2n) is 4.19. The highest BCUT2D eigenvalue weighted by atomic mass is 32.1. The SMILES string of the molecule is CCC(C(=O)N1CCN(C(C)=O)CC1)C(N)=S. The number of hydrogen-bond donors (Lipinski definition) is 1. The first-order chi connectivity index (χ1) is 7.97. The number of amides is 2. The van der Waals surface area contributed by atoms with E-state index >= 15 is 0 Å². The van der Waals surface area contributed by atoms with Crippen molar-refractivity contribution >= 4 is 29.0 Å². The topological polar surface area (TPSA) is 66.6 Å². The maximum Gasteiger partial charge on any atom is 0.232 e. The van der Waals surface area contributed by atoms with Crippen molar-refractivity contribution < 1.29 is 9.59 Å². The van der Waals surface area contributed by atoms with Gasteiger partial charge in [-0.2, -0.15) is 0 Å². The minimum atomic E-state index is -0.367. The summed E-state index contributed by atoms with van der Waals surface area (Å²) in [6.45, 7) is 5.76. The summed E-state index contributed by atoms with van der Waals surface area (Å²) in [5.41, 5.74) is 5.55. The lowest BCUT2D eigenvalue weighted by atomic mass is 10.0. The molecule has 96 valence electrons. The minimum Gasteiger partial charge on any atom is -0.393 e. The first kappa shape index (κ1) is 13.9. The molecule has 1 aliphatic heterocycles. The van der Waals surface area contributed by atoms with Gasteiger partial charge in [0, 0.05) is 33.1 Å². The Morgan fingerprint density at radius 3 is 2.06 bits per heavy atom. The summed E-state index contributed by atoms with van der Waals surface area (Å²) in [6, 6.07) is 0. The van der Waals surface area contributed by atoms with E-state index in [1.165, 1.54) is 0 Å². The van der Waals surface area contributed by atoms with Crippen LogP contribution in [0.4, 0.5) is 0 Å². The van der Waals surface area contributed by atoms with Crippen molar-refractivity contribution in [1.29, 1.82) is 0 Å². The zero-order valence-corrected chi connectivity index (χ0v) is 11.1. The largest absolute Gasteiger partial charge is 0.393 e. The molecule has 1 saturated heterocycles. The molecule has 1 aliphatic rings. The van der Waals surface area contributed by atoms with Gasteiger partial charge in [-0.3, -0.25) is 9.59 Å². The van der Waals surface area contributed by atoms with E-state index in [1.807, 2.05) is 6.92 Å². The molecule has 0 spiro atoms. The Morgan fingerprint density at radius 2 is 1.71 bits per heavy atom. The summed E-state index contributed by atoms with van der Waals surface area (Å²) in [5, 5.41) is 0. The van der Waals surface area contributed by atoms with Gasteiger partial charge in [0.15, 0.2) is 0 Å². The zero-order chi connectivity index (χ0) is 13.0. The molecule has 1 heterocycles. The number of piperazine rings is 1. The number of nitrogens with two attached hydrogens (primary N) is 1. The second kappa shape index (κ2) is 5.95. The first-order valence-corrected chi connectivity index (χ1v) is 6.21. The van der Waals surface area contributed by atoms with Gasteiger partial charge in [-0.05, 0) is 6.42 Å². The van der Waals surface area contributed by atoms with E-state index in [0.717, 1.165) is 0 Å². The molecule has 0 radical (unpaired) electrons. The Morgan fingerprint density at radius 1 is 1.24 bits per heavy atom. The quantitative estimate of drug-likeness (QED) is 0.722. The highest BCUT2D eigenvalue weighted by Crippen LogP contribution is 2.11. The van der Waals surface area contributed by atoms with Gasteiger partial charge in [0.2, 0.25) is 11.8 Å². The molecule has 1 rings (SSSR count). The fourth-order valence-electron chi connectivity index (χ4n) is 1.96. The summed E-state index contributed by atoms with van der Waals surface area (Å²) >= 11 is 4.89. The molecule has 0 bridgehead atoms. The van der Waals surface area contributed by atoms with Crippen molar-refractivity contribution in [3.63, 3.8) is 0 Å². The molecule has 0 aromatic carbocycles. The molecular formula is C11H19N3O2S. The van der Waals surface area contributed by atoms with Gasteiger partial charge < -0.3 is 15.5 Å². The van der Waals surface area contributed by atoms with Crippen LogP contribution in [0.25, 0.3) is 0 Å². The molecule has 1 unspecified atom stereocenters. The molecule has 1 fully saturated rings. The first-order valence-electron chi connectivity index (χ1n) is 5.81. The Bertz CT molecular complexity index is 325. The molecule has 6 heteroatoms.